The average molecular weight is 380 g/mol. The quantitative estimate of drug-likeness (QED) is 0.687. The van der Waals surface area contributed by atoms with E-state index >= 15 is 0 Å². The number of nitrogens with zero attached hydrogens (tertiary/aromatic N) is 3. The Hall–Kier alpha value is -2.93. The predicted octanol–water partition coefficient (Wildman–Crippen LogP) is 3.37. The number of hydrogen-bond acceptors (Lipinski definition) is 5. The van der Waals surface area contributed by atoms with Gasteiger partial charge in [-0.2, -0.15) is 0 Å². The number of fused-ring (bicyclic) bond motifs is 1. The van der Waals surface area contributed by atoms with E-state index in [1.54, 1.807) is 38.4 Å². The first-order valence-corrected chi connectivity index (χ1v) is 9.40. The maximum atomic E-state index is 12.3. The van der Waals surface area contributed by atoms with Gasteiger partial charge >= 0.3 is 0 Å². The lowest BCUT2D eigenvalue weighted by molar-refractivity contribution is -0.113. The molecule has 0 atom stereocenters. The molecule has 3 rings (SSSR count). The summed E-state index contributed by atoms with van der Waals surface area (Å²) in [5.74, 6) is -0.0639. The Morgan fingerprint density at radius 1 is 1.04 bits per heavy atom. The Bertz CT molecular complexity index is 1000. The molecule has 3 aromatic rings. The van der Waals surface area contributed by atoms with Gasteiger partial charge in [0.1, 0.15) is 5.03 Å². The number of rotatable bonds is 5. The van der Waals surface area contributed by atoms with Crippen molar-refractivity contribution in [2.24, 2.45) is 0 Å². The van der Waals surface area contributed by atoms with E-state index in [4.69, 9.17) is 0 Å². The van der Waals surface area contributed by atoms with Crippen molar-refractivity contribution in [2.45, 2.75) is 11.9 Å². The summed E-state index contributed by atoms with van der Waals surface area (Å²) in [6, 6.07) is 14.6. The predicted molar refractivity (Wildman–Crippen MR) is 108 cm³/mol. The Kier molecular flexibility index (Phi) is 5.71. The molecule has 0 aliphatic heterocycles. The molecule has 0 spiro atoms. The fraction of sp³-hybridized carbons (Fsp3) is 0.200. The van der Waals surface area contributed by atoms with E-state index in [0.717, 1.165) is 21.8 Å². The molecule has 0 aliphatic carbocycles. The number of carbonyl (C=O) groups is 2. The normalized spacial score (nSPS) is 10.6. The zero-order valence-corrected chi connectivity index (χ0v) is 16.2. The fourth-order valence-corrected chi connectivity index (χ4v) is 3.29. The minimum absolute atomic E-state index is 0.109. The highest BCUT2D eigenvalue weighted by Crippen LogP contribution is 2.22. The van der Waals surface area contributed by atoms with Gasteiger partial charge in [-0.1, -0.05) is 30.0 Å². The van der Waals surface area contributed by atoms with Gasteiger partial charge in [-0.25, -0.2) is 9.97 Å². The SMILES string of the molecule is Cc1nc2ccccc2nc1SCC(=O)Nc1cccc(C(=O)N(C)C)c1. The van der Waals surface area contributed by atoms with E-state index in [9.17, 15) is 9.59 Å². The standard InChI is InChI=1S/C20H20N4O2S/c1-13-19(23-17-10-5-4-9-16(17)21-13)27-12-18(25)22-15-8-6-7-14(11-15)20(26)24(2)3/h4-11H,12H2,1-3H3,(H,22,25). The minimum Gasteiger partial charge on any atom is -0.345 e. The van der Waals surface area contributed by atoms with Crippen LogP contribution >= 0.6 is 11.8 Å². The molecule has 0 unspecified atom stereocenters. The van der Waals surface area contributed by atoms with Crippen LogP contribution in [0.2, 0.25) is 0 Å². The number of hydrogen-bond donors (Lipinski definition) is 1. The van der Waals surface area contributed by atoms with Gasteiger partial charge in [-0.05, 0) is 37.3 Å². The molecule has 6 nitrogen and oxygen atoms in total. The lowest BCUT2D eigenvalue weighted by Crippen LogP contribution is -2.22. The smallest absolute Gasteiger partial charge is 0.253 e. The van der Waals surface area contributed by atoms with E-state index in [0.29, 0.717) is 11.3 Å². The molecule has 0 saturated carbocycles. The summed E-state index contributed by atoms with van der Waals surface area (Å²) in [7, 11) is 3.38. The molecule has 0 bridgehead atoms. The summed E-state index contributed by atoms with van der Waals surface area (Å²) in [5, 5.41) is 3.56. The molecule has 1 aromatic heterocycles. The molecule has 2 amide bonds. The monoisotopic (exact) mass is 380 g/mol. The highest BCUT2D eigenvalue weighted by atomic mass is 32.2. The van der Waals surface area contributed by atoms with Crippen LogP contribution in [0.1, 0.15) is 16.1 Å². The van der Waals surface area contributed by atoms with Gasteiger partial charge in [0.2, 0.25) is 5.91 Å². The molecule has 27 heavy (non-hydrogen) atoms. The van der Waals surface area contributed by atoms with E-state index in [2.05, 4.69) is 15.3 Å². The third-order valence-electron chi connectivity index (χ3n) is 3.84. The second-order valence-electron chi connectivity index (χ2n) is 6.22. The largest absolute Gasteiger partial charge is 0.345 e. The van der Waals surface area contributed by atoms with Crippen molar-refractivity contribution in [3.8, 4) is 0 Å². The molecule has 1 N–H and O–H groups in total. The zero-order chi connectivity index (χ0) is 19.4. The summed E-state index contributed by atoms with van der Waals surface area (Å²) in [5.41, 5.74) is 3.56. The van der Waals surface area contributed by atoms with Crippen LogP contribution < -0.4 is 5.32 Å². The van der Waals surface area contributed by atoms with Crippen LogP contribution in [0.3, 0.4) is 0 Å². The topological polar surface area (TPSA) is 75.2 Å². The highest BCUT2D eigenvalue weighted by molar-refractivity contribution is 8.00. The number of nitrogens with one attached hydrogen (secondary N) is 1. The summed E-state index contributed by atoms with van der Waals surface area (Å²) in [6.45, 7) is 1.88. The maximum Gasteiger partial charge on any atom is 0.253 e. The Balaban J connectivity index is 1.66. The third-order valence-corrected chi connectivity index (χ3v) is 4.91. The van der Waals surface area contributed by atoms with Gasteiger partial charge in [0.05, 0.1) is 22.5 Å². The summed E-state index contributed by atoms with van der Waals surface area (Å²) >= 11 is 1.34. The zero-order valence-electron chi connectivity index (χ0n) is 15.4. The fourth-order valence-electron chi connectivity index (χ4n) is 2.53. The lowest BCUT2D eigenvalue weighted by atomic mass is 10.2. The maximum absolute atomic E-state index is 12.3. The van der Waals surface area contributed by atoms with E-state index in [-0.39, 0.29) is 17.6 Å². The van der Waals surface area contributed by atoms with Crippen molar-refractivity contribution in [3.05, 3.63) is 59.8 Å². The molecule has 0 saturated heterocycles. The van der Waals surface area contributed by atoms with Crippen LogP contribution in [0, 0.1) is 6.92 Å². The van der Waals surface area contributed by atoms with E-state index in [1.807, 2.05) is 31.2 Å². The van der Waals surface area contributed by atoms with Crippen LogP contribution in [-0.2, 0) is 4.79 Å². The molecular formula is C20H20N4O2S. The third kappa shape index (κ3) is 4.62. The minimum atomic E-state index is -0.163. The van der Waals surface area contributed by atoms with E-state index < -0.39 is 0 Å². The van der Waals surface area contributed by atoms with Crippen LogP contribution in [0.4, 0.5) is 5.69 Å². The number of benzene rings is 2. The Labute approximate surface area is 162 Å². The van der Waals surface area contributed by atoms with Crippen LogP contribution in [0.5, 0.6) is 0 Å². The number of aryl methyl sites for hydroxylation is 1. The molecule has 7 heteroatoms. The second kappa shape index (κ2) is 8.18. The molecular weight excluding hydrogens is 360 g/mol. The van der Waals surface area contributed by atoms with Crippen molar-refractivity contribution in [1.29, 1.82) is 0 Å². The van der Waals surface area contributed by atoms with Crippen molar-refractivity contribution in [1.82, 2.24) is 14.9 Å². The summed E-state index contributed by atoms with van der Waals surface area (Å²) in [4.78, 5) is 34.9. The molecule has 0 fully saturated rings. The number of carbonyl (C=O) groups excluding carboxylic acids is 2. The van der Waals surface area contributed by atoms with E-state index in [1.165, 1.54) is 16.7 Å². The summed E-state index contributed by atoms with van der Waals surface area (Å²) in [6.07, 6.45) is 0. The first-order valence-electron chi connectivity index (χ1n) is 8.42. The van der Waals surface area contributed by atoms with Gasteiger partial charge in [0, 0.05) is 25.3 Å². The number of thioether (sulfide) groups is 1. The average Bonchev–Trinajstić information content (AvgIpc) is 2.65. The number of aromatic nitrogens is 2. The van der Waals surface area contributed by atoms with Crippen LogP contribution in [0.15, 0.2) is 53.6 Å². The number of anilines is 1. The van der Waals surface area contributed by atoms with Crippen molar-refractivity contribution >= 4 is 40.3 Å². The van der Waals surface area contributed by atoms with Gasteiger partial charge in [-0.15, -0.1) is 0 Å². The lowest BCUT2D eigenvalue weighted by Gasteiger charge is -2.12. The molecule has 0 radical (unpaired) electrons. The van der Waals surface area contributed by atoms with Crippen molar-refractivity contribution < 1.29 is 9.59 Å². The van der Waals surface area contributed by atoms with Gasteiger partial charge in [0.25, 0.3) is 5.91 Å². The molecule has 0 aliphatic rings. The highest BCUT2D eigenvalue weighted by Gasteiger charge is 2.11. The Morgan fingerprint density at radius 3 is 2.44 bits per heavy atom. The van der Waals surface area contributed by atoms with Gasteiger partial charge in [-0.3, -0.25) is 9.59 Å². The van der Waals surface area contributed by atoms with Crippen molar-refractivity contribution in [2.75, 3.05) is 25.2 Å². The number of para-hydroxylation sites is 2. The molecule has 1 heterocycles. The summed E-state index contributed by atoms with van der Waals surface area (Å²) < 4.78 is 0. The second-order valence-corrected chi connectivity index (χ2v) is 7.18. The molecule has 2 aromatic carbocycles. The molecule has 138 valence electrons. The first kappa shape index (κ1) is 18.8. The van der Waals surface area contributed by atoms with Gasteiger partial charge < -0.3 is 10.2 Å². The van der Waals surface area contributed by atoms with Crippen LogP contribution in [0.25, 0.3) is 11.0 Å². The van der Waals surface area contributed by atoms with Crippen LogP contribution in [-0.4, -0.2) is 46.5 Å². The van der Waals surface area contributed by atoms with Crippen molar-refractivity contribution in [3.63, 3.8) is 0 Å². The first-order chi connectivity index (χ1) is 12.9. The number of amides is 2. The Morgan fingerprint density at radius 2 is 1.74 bits per heavy atom. The van der Waals surface area contributed by atoms with Gasteiger partial charge in [0.15, 0.2) is 0 Å².